The summed E-state index contributed by atoms with van der Waals surface area (Å²) in [6.45, 7) is 1.02. The molecule has 1 aromatic heterocycles. The molecule has 6 heteroatoms. The molecule has 1 aliphatic carbocycles. The second-order valence-corrected chi connectivity index (χ2v) is 5.92. The Morgan fingerprint density at radius 3 is 2.39 bits per heavy atom. The quantitative estimate of drug-likeness (QED) is 0.738. The van der Waals surface area contributed by atoms with Gasteiger partial charge in [0.25, 0.3) is 0 Å². The Kier molecular flexibility index (Phi) is 9.41. The van der Waals surface area contributed by atoms with Crippen LogP contribution in [0.25, 0.3) is 5.32 Å². The van der Waals surface area contributed by atoms with Gasteiger partial charge in [-0.2, -0.15) is 0 Å². The summed E-state index contributed by atoms with van der Waals surface area (Å²) < 4.78 is 0. The van der Waals surface area contributed by atoms with E-state index >= 15 is 0 Å². The number of hydrogen-bond donors (Lipinski definition) is 0. The van der Waals surface area contributed by atoms with Crippen molar-refractivity contribution in [2.24, 2.45) is 5.92 Å². The molecule has 5 nitrogen and oxygen atoms in total. The number of carbonyl (C=O) groups excluding carboxylic acids is 1. The molecule has 2 fully saturated rings. The minimum atomic E-state index is -1.17. The molecule has 3 unspecified atom stereocenters. The van der Waals surface area contributed by atoms with Gasteiger partial charge in [-0.25, -0.2) is 0 Å². The van der Waals surface area contributed by atoms with Gasteiger partial charge in [0.15, 0.2) is 0 Å². The fourth-order valence-corrected chi connectivity index (χ4v) is 2.97. The van der Waals surface area contributed by atoms with Crippen LogP contribution in [-0.2, 0) is 21.9 Å². The summed E-state index contributed by atoms with van der Waals surface area (Å²) in [6.07, 6.45) is 7.40. The third-order valence-corrected chi connectivity index (χ3v) is 4.27. The summed E-state index contributed by atoms with van der Waals surface area (Å²) in [5, 5.41) is 25.7. The van der Waals surface area contributed by atoms with Crippen molar-refractivity contribution in [3.05, 3.63) is 35.4 Å². The van der Waals surface area contributed by atoms with E-state index in [0.29, 0.717) is 18.9 Å². The van der Waals surface area contributed by atoms with Crippen LogP contribution in [0, 0.1) is 5.92 Å². The number of carbonyl (C=O) groups is 1. The third kappa shape index (κ3) is 6.59. The molecule has 3 atom stereocenters. The molecule has 131 valence electrons. The molecule has 0 bridgehead atoms. The van der Waals surface area contributed by atoms with Crippen LogP contribution in [0.4, 0.5) is 0 Å². The summed E-state index contributed by atoms with van der Waals surface area (Å²) in [7, 11) is 0. The van der Waals surface area contributed by atoms with Gasteiger partial charge in [0.2, 0.25) is 0 Å². The predicted octanol–water partition coefficient (Wildman–Crippen LogP) is 1.33. The van der Waals surface area contributed by atoms with Crippen LogP contribution in [0.3, 0.4) is 0 Å². The molecule has 23 heavy (non-hydrogen) atoms. The number of piperidine rings is 1. The first-order valence-corrected chi connectivity index (χ1v) is 8.12. The molecule has 3 rings (SSSR count). The topological polar surface area (TPSA) is 90.2 Å². The van der Waals surface area contributed by atoms with Gasteiger partial charge >= 0.3 is 17.1 Å². The van der Waals surface area contributed by atoms with Gasteiger partial charge in [0.05, 0.1) is 0 Å². The van der Waals surface area contributed by atoms with Crippen LogP contribution >= 0.6 is 0 Å². The Morgan fingerprint density at radius 2 is 1.87 bits per heavy atom. The van der Waals surface area contributed by atoms with Crippen molar-refractivity contribution in [1.29, 1.82) is 0 Å². The van der Waals surface area contributed by atoms with Crippen LogP contribution in [0.15, 0.2) is 24.4 Å². The predicted molar refractivity (Wildman–Crippen MR) is 79.8 cm³/mol. The van der Waals surface area contributed by atoms with E-state index in [2.05, 4.69) is 16.4 Å². The number of carboxylic acid groups (broad SMARTS) is 1. The third-order valence-electron chi connectivity index (χ3n) is 4.27. The molecular formula is C17H23CuN2O3-. The van der Waals surface area contributed by atoms with Crippen LogP contribution < -0.4 is 10.2 Å². The molecule has 1 saturated heterocycles. The first-order valence-electron chi connectivity index (χ1n) is 8.12. The van der Waals surface area contributed by atoms with E-state index in [-0.39, 0.29) is 17.1 Å². The summed E-state index contributed by atoms with van der Waals surface area (Å²) in [5.41, 5.74) is 1.14. The molecule has 1 radical (unpaired) electrons. The second-order valence-electron chi connectivity index (χ2n) is 5.92. The van der Waals surface area contributed by atoms with Crippen molar-refractivity contribution in [3.8, 4) is 0 Å². The molecule has 0 spiro atoms. The standard InChI is InChI=1S/C10H13N2.C7H11O3.Cu/c1-3-7-11-9(5-1)10-6-2-4-8-12-10;8-6-4-2-1-3-5(6)7(9)10;/h1,3,5,7,10H,2,4,6,8H2;5-6H,1-4H2,(H,9,10);/q2*-1;+2/p-1. The van der Waals surface area contributed by atoms with Crippen molar-refractivity contribution in [2.45, 2.75) is 57.1 Å². The number of pyridine rings is 1. The summed E-state index contributed by atoms with van der Waals surface area (Å²) in [6, 6.07) is 6.43. The smallest absolute Gasteiger partial charge is 0.851 e. The number of rotatable bonds is 2. The van der Waals surface area contributed by atoms with Gasteiger partial charge < -0.3 is 20.3 Å². The molecule has 1 aliphatic heterocycles. The molecule has 1 aromatic rings. The van der Waals surface area contributed by atoms with E-state index in [9.17, 15) is 15.0 Å². The van der Waals surface area contributed by atoms with E-state index in [1.54, 1.807) is 0 Å². The van der Waals surface area contributed by atoms with Gasteiger partial charge in [0, 0.05) is 17.9 Å². The Bertz CT molecular complexity index is 452. The van der Waals surface area contributed by atoms with E-state index in [4.69, 9.17) is 0 Å². The summed E-state index contributed by atoms with van der Waals surface area (Å²) in [4.78, 5) is 14.6. The number of aromatic nitrogens is 1. The SMILES string of the molecule is O=C([O-])C1CCCCC1[O-].[Cu+2].c1ccc(C2CCCC[N-]2)nc1. The van der Waals surface area contributed by atoms with Crippen molar-refractivity contribution < 1.29 is 32.1 Å². The maximum Gasteiger partial charge on any atom is 2.00 e. The van der Waals surface area contributed by atoms with E-state index in [1.807, 2.05) is 18.3 Å². The van der Waals surface area contributed by atoms with Crippen LogP contribution in [-0.4, -0.2) is 23.6 Å². The van der Waals surface area contributed by atoms with E-state index < -0.39 is 18.0 Å². The second kappa shape index (κ2) is 10.8. The number of hydrogen-bond acceptors (Lipinski definition) is 4. The largest absolute Gasteiger partial charge is 2.00 e. The minimum absolute atomic E-state index is 0. The van der Waals surface area contributed by atoms with Crippen LogP contribution in [0.5, 0.6) is 0 Å². The van der Waals surface area contributed by atoms with Crippen molar-refractivity contribution in [1.82, 2.24) is 4.98 Å². The Morgan fingerprint density at radius 1 is 1.13 bits per heavy atom. The Hall–Kier alpha value is -0.941. The van der Waals surface area contributed by atoms with Crippen LogP contribution in [0.1, 0.15) is 56.7 Å². The van der Waals surface area contributed by atoms with E-state index in [1.165, 1.54) is 19.3 Å². The molecule has 0 N–H and O–H groups in total. The fraction of sp³-hybridized carbons (Fsp3) is 0.647. The first-order chi connectivity index (χ1) is 10.7. The van der Waals surface area contributed by atoms with Crippen molar-refractivity contribution in [3.63, 3.8) is 0 Å². The Balaban J connectivity index is 0.000000224. The normalized spacial score (nSPS) is 27.1. The monoisotopic (exact) mass is 366 g/mol. The maximum atomic E-state index is 10.9. The van der Waals surface area contributed by atoms with Crippen molar-refractivity contribution >= 4 is 5.97 Å². The van der Waals surface area contributed by atoms with Gasteiger partial charge in [-0.15, -0.1) is 12.6 Å². The maximum absolute atomic E-state index is 10.9. The van der Waals surface area contributed by atoms with Gasteiger partial charge in [-0.3, -0.25) is 4.98 Å². The molecule has 0 aromatic carbocycles. The van der Waals surface area contributed by atoms with Crippen LogP contribution in [0.2, 0.25) is 0 Å². The summed E-state index contributed by atoms with van der Waals surface area (Å²) >= 11 is 0. The fourth-order valence-electron chi connectivity index (χ4n) is 2.97. The zero-order chi connectivity index (χ0) is 15.8. The van der Waals surface area contributed by atoms with E-state index in [0.717, 1.165) is 25.1 Å². The molecule has 2 aliphatic rings. The molecule has 1 saturated carbocycles. The van der Waals surface area contributed by atoms with Crippen molar-refractivity contribution in [2.75, 3.05) is 6.54 Å². The minimum Gasteiger partial charge on any atom is -0.851 e. The zero-order valence-electron chi connectivity index (χ0n) is 13.1. The number of carboxylic acids is 1. The molecular weight excluding hydrogens is 344 g/mol. The van der Waals surface area contributed by atoms with Gasteiger partial charge in [-0.1, -0.05) is 50.6 Å². The first kappa shape index (κ1) is 20.1. The van der Waals surface area contributed by atoms with Gasteiger partial charge in [0.1, 0.15) is 0 Å². The average molecular weight is 367 g/mol. The van der Waals surface area contributed by atoms with Gasteiger partial charge in [-0.05, 0) is 24.5 Å². The number of nitrogens with zero attached hydrogens (tertiary/aromatic N) is 2. The average Bonchev–Trinajstić information content (AvgIpc) is 2.57. The summed E-state index contributed by atoms with van der Waals surface area (Å²) in [5.74, 6) is -1.89. The zero-order valence-corrected chi connectivity index (χ0v) is 14.1. The molecule has 2 heterocycles. The Labute approximate surface area is 148 Å². The molecule has 0 amide bonds. The number of aliphatic carboxylic acids is 1.